The molecule has 0 saturated carbocycles. The van der Waals surface area contributed by atoms with Crippen LogP contribution in [0.15, 0.2) is 24.3 Å². The lowest BCUT2D eigenvalue weighted by Gasteiger charge is -2.23. The number of nitrogen functional groups attached to an aromatic ring is 1. The highest BCUT2D eigenvalue weighted by Crippen LogP contribution is 2.17. The second-order valence-corrected chi connectivity index (χ2v) is 4.51. The molecule has 2 N–H and O–H groups in total. The van der Waals surface area contributed by atoms with Crippen molar-refractivity contribution in [2.24, 2.45) is 0 Å². The van der Waals surface area contributed by atoms with E-state index in [0.717, 1.165) is 18.8 Å². The monoisotopic (exact) mass is 224 g/mol. The van der Waals surface area contributed by atoms with E-state index < -0.39 is 0 Å². The summed E-state index contributed by atoms with van der Waals surface area (Å²) in [5.41, 5.74) is 7.85. The molecule has 1 aromatic carbocycles. The average Bonchev–Trinajstić information content (AvgIpc) is 2.24. The molecule has 1 rings (SSSR count). The topological polar surface area (TPSA) is 29.3 Å². The average molecular weight is 224 g/mol. The van der Waals surface area contributed by atoms with Crippen molar-refractivity contribution < 1.29 is 0 Å². The van der Waals surface area contributed by atoms with Gasteiger partial charge in [-0.1, -0.05) is 6.07 Å². The molecule has 0 bridgehead atoms. The summed E-state index contributed by atoms with van der Waals surface area (Å²) in [6.07, 6.45) is 3.38. The first-order chi connectivity index (χ1) is 7.27. The highest BCUT2D eigenvalue weighted by molar-refractivity contribution is 7.98. The molecule has 15 heavy (non-hydrogen) atoms. The van der Waals surface area contributed by atoms with Crippen molar-refractivity contribution in [2.75, 3.05) is 35.7 Å². The van der Waals surface area contributed by atoms with Gasteiger partial charge in [0.25, 0.3) is 0 Å². The molecule has 0 radical (unpaired) electrons. The van der Waals surface area contributed by atoms with E-state index in [9.17, 15) is 0 Å². The summed E-state index contributed by atoms with van der Waals surface area (Å²) in [6, 6.07) is 8.11. The van der Waals surface area contributed by atoms with Gasteiger partial charge < -0.3 is 10.6 Å². The van der Waals surface area contributed by atoms with Crippen molar-refractivity contribution in [3.8, 4) is 0 Å². The summed E-state index contributed by atoms with van der Waals surface area (Å²) >= 11 is 1.90. The maximum absolute atomic E-state index is 5.78. The first-order valence-corrected chi connectivity index (χ1v) is 6.76. The maximum Gasteiger partial charge on any atom is 0.0386 e. The van der Waals surface area contributed by atoms with Crippen LogP contribution in [-0.2, 0) is 0 Å². The van der Waals surface area contributed by atoms with E-state index in [2.05, 4.69) is 24.1 Å². The van der Waals surface area contributed by atoms with Crippen LogP contribution < -0.4 is 10.6 Å². The number of anilines is 2. The summed E-state index contributed by atoms with van der Waals surface area (Å²) in [5, 5.41) is 0. The van der Waals surface area contributed by atoms with Gasteiger partial charge in [-0.05, 0) is 43.6 Å². The van der Waals surface area contributed by atoms with Gasteiger partial charge in [0.2, 0.25) is 0 Å². The molecule has 0 aliphatic heterocycles. The molecule has 84 valence electrons. The van der Waals surface area contributed by atoms with E-state index in [0.29, 0.717) is 0 Å². The first-order valence-electron chi connectivity index (χ1n) is 5.37. The molecule has 0 saturated heterocycles. The van der Waals surface area contributed by atoms with Crippen LogP contribution >= 0.6 is 11.8 Å². The fourth-order valence-corrected chi connectivity index (χ4v) is 2.01. The highest BCUT2D eigenvalue weighted by atomic mass is 32.2. The smallest absolute Gasteiger partial charge is 0.0386 e. The number of nitrogens with two attached hydrogens (primary N) is 1. The number of hydrogen-bond donors (Lipinski definition) is 1. The van der Waals surface area contributed by atoms with Gasteiger partial charge in [0, 0.05) is 24.5 Å². The lowest BCUT2D eigenvalue weighted by Crippen LogP contribution is -2.24. The van der Waals surface area contributed by atoms with Crippen molar-refractivity contribution in [3.05, 3.63) is 24.3 Å². The van der Waals surface area contributed by atoms with Gasteiger partial charge in [-0.3, -0.25) is 0 Å². The Morgan fingerprint density at radius 2 is 2.20 bits per heavy atom. The molecule has 0 atom stereocenters. The zero-order chi connectivity index (χ0) is 11.1. The molecule has 0 unspecified atom stereocenters. The van der Waals surface area contributed by atoms with Gasteiger partial charge in [0.1, 0.15) is 0 Å². The van der Waals surface area contributed by atoms with Gasteiger partial charge in [-0.2, -0.15) is 11.8 Å². The van der Waals surface area contributed by atoms with Crippen molar-refractivity contribution >= 4 is 23.1 Å². The third kappa shape index (κ3) is 4.04. The van der Waals surface area contributed by atoms with E-state index in [1.165, 1.54) is 17.9 Å². The summed E-state index contributed by atoms with van der Waals surface area (Å²) < 4.78 is 0. The molecule has 0 aromatic heterocycles. The fraction of sp³-hybridized carbons (Fsp3) is 0.500. The second-order valence-electron chi connectivity index (χ2n) is 3.52. The lowest BCUT2D eigenvalue weighted by molar-refractivity contribution is 0.797. The molecule has 0 aliphatic rings. The van der Waals surface area contributed by atoms with Crippen LogP contribution in [0.4, 0.5) is 11.4 Å². The molecule has 0 spiro atoms. The van der Waals surface area contributed by atoms with Crippen molar-refractivity contribution in [1.82, 2.24) is 0 Å². The molecule has 3 heteroatoms. The Kier molecular flexibility index (Phi) is 5.40. The SMILES string of the molecule is CCN(CCCSC)c1cccc(N)c1. The molecular weight excluding hydrogens is 204 g/mol. The Morgan fingerprint density at radius 3 is 2.80 bits per heavy atom. The molecule has 1 aromatic rings. The second kappa shape index (κ2) is 6.62. The first kappa shape index (κ1) is 12.2. The van der Waals surface area contributed by atoms with E-state index in [1.807, 2.05) is 30.0 Å². The van der Waals surface area contributed by atoms with Gasteiger partial charge >= 0.3 is 0 Å². The van der Waals surface area contributed by atoms with Crippen LogP contribution in [0.3, 0.4) is 0 Å². The number of nitrogens with zero attached hydrogens (tertiary/aromatic N) is 1. The largest absolute Gasteiger partial charge is 0.399 e. The van der Waals surface area contributed by atoms with Crippen molar-refractivity contribution in [1.29, 1.82) is 0 Å². The Hall–Kier alpha value is -0.830. The summed E-state index contributed by atoms with van der Waals surface area (Å²) in [4.78, 5) is 2.37. The minimum Gasteiger partial charge on any atom is -0.399 e. The predicted molar refractivity (Wildman–Crippen MR) is 71.7 cm³/mol. The van der Waals surface area contributed by atoms with Crippen LogP contribution in [0.2, 0.25) is 0 Å². The Morgan fingerprint density at radius 1 is 1.40 bits per heavy atom. The quantitative estimate of drug-likeness (QED) is 0.595. The van der Waals surface area contributed by atoms with Crippen LogP contribution in [0.5, 0.6) is 0 Å². The maximum atomic E-state index is 5.78. The minimum atomic E-state index is 0.843. The van der Waals surface area contributed by atoms with Gasteiger partial charge in [0.15, 0.2) is 0 Å². The van der Waals surface area contributed by atoms with Crippen LogP contribution in [0.25, 0.3) is 0 Å². The zero-order valence-corrected chi connectivity index (χ0v) is 10.4. The minimum absolute atomic E-state index is 0.843. The molecule has 0 aliphatic carbocycles. The van der Waals surface area contributed by atoms with Crippen LogP contribution in [0.1, 0.15) is 13.3 Å². The van der Waals surface area contributed by atoms with Crippen LogP contribution in [-0.4, -0.2) is 25.1 Å². The van der Waals surface area contributed by atoms with Gasteiger partial charge in [0.05, 0.1) is 0 Å². The Labute approximate surface area is 96.8 Å². The summed E-state index contributed by atoms with van der Waals surface area (Å²) in [5.74, 6) is 1.22. The fourth-order valence-electron chi connectivity index (χ4n) is 1.59. The number of hydrogen-bond acceptors (Lipinski definition) is 3. The van der Waals surface area contributed by atoms with E-state index in [-0.39, 0.29) is 0 Å². The number of benzene rings is 1. The molecule has 0 heterocycles. The highest BCUT2D eigenvalue weighted by Gasteiger charge is 2.03. The predicted octanol–water partition coefficient (Wildman–Crippen LogP) is 2.85. The summed E-state index contributed by atoms with van der Waals surface area (Å²) in [6.45, 7) is 4.33. The van der Waals surface area contributed by atoms with E-state index in [1.54, 1.807) is 0 Å². The summed E-state index contributed by atoms with van der Waals surface area (Å²) in [7, 11) is 0. The molecule has 0 fully saturated rings. The normalized spacial score (nSPS) is 10.3. The Balaban J connectivity index is 2.57. The van der Waals surface area contributed by atoms with E-state index >= 15 is 0 Å². The van der Waals surface area contributed by atoms with Gasteiger partial charge in [-0.15, -0.1) is 0 Å². The number of thioether (sulfide) groups is 1. The Bertz CT molecular complexity index is 289. The third-order valence-corrected chi connectivity index (χ3v) is 3.09. The zero-order valence-electron chi connectivity index (χ0n) is 9.57. The van der Waals surface area contributed by atoms with Crippen molar-refractivity contribution in [2.45, 2.75) is 13.3 Å². The molecule has 2 nitrogen and oxygen atoms in total. The standard InChI is InChI=1S/C12H20N2S/c1-3-14(8-5-9-15-2)12-7-4-6-11(13)10-12/h4,6-7,10H,3,5,8-9,13H2,1-2H3. The van der Waals surface area contributed by atoms with Gasteiger partial charge in [-0.25, -0.2) is 0 Å². The third-order valence-electron chi connectivity index (χ3n) is 2.39. The van der Waals surface area contributed by atoms with Crippen LogP contribution in [0, 0.1) is 0 Å². The lowest BCUT2D eigenvalue weighted by atomic mass is 10.2. The molecule has 0 amide bonds. The van der Waals surface area contributed by atoms with Crippen molar-refractivity contribution in [3.63, 3.8) is 0 Å². The van der Waals surface area contributed by atoms with E-state index in [4.69, 9.17) is 5.73 Å². The molecular formula is C12H20N2S. The number of rotatable bonds is 6.